The van der Waals surface area contributed by atoms with Crippen LogP contribution in [0, 0.1) is 13.8 Å². The van der Waals surface area contributed by atoms with E-state index in [9.17, 15) is 18.0 Å². The molecule has 0 saturated carbocycles. The molecule has 0 radical (unpaired) electrons. The van der Waals surface area contributed by atoms with Crippen LogP contribution in [0.15, 0.2) is 59.2 Å². The van der Waals surface area contributed by atoms with Crippen LogP contribution < -0.4 is 5.32 Å². The fourth-order valence-electron chi connectivity index (χ4n) is 4.37. The minimum Gasteiger partial charge on any atom is -0.469 e. The zero-order chi connectivity index (χ0) is 23.3. The highest BCUT2D eigenvalue weighted by Gasteiger charge is 2.41. The Labute approximate surface area is 187 Å². The lowest BCUT2D eigenvalue weighted by molar-refractivity contribution is -0.142. The van der Waals surface area contributed by atoms with Crippen molar-refractivity contribution < 1.29 is 22.4 Å². The fraction of sp³-hybridized carbons (Fsp3) is 0.200. The number of benzene rings is 2. The highest BCUT2D eigenvalue weighted by atomic mass is 19.4. The summed E-state index contributed by atoms with van der Waals surface area (Å²) in [5, 5.41) is 6.78. The highest BCUT2D eigenvalue weighted by Crippen LogP contribution is 2.42. The molecule has 2 aromatic carbocycles. The van der Waals surface area contributed by atoms with Gasteiger partial charge in [0.2, 0.25) is 0 Å². The van der Waals surface area contributed by atoms with Gasteiger partial charge in [-0.05, 0) is 73.9 Å². The first-order chi connectivity index (χ1) is 15.7. The minimum atomic E-state index is -4.57. The lowest BCUT2D eigenvalue weighted by Crippen LogP contribution is -2.12. The van der Waals surface area contributed by atoms with Gasteiger partial charge in [0.1, 0.15) is 5.76 Å². The van der Waals surface area contributed by atoms with Gasteiger partial charge < -0.3 is 9.73 Å². The van der Waals surface area contributed by atoms with Crippen LogP contribution in [-0.2, 0) is 19.0 Å². The van der Waals surface area contributed by atoms with Crippen molar-refractivity contribution >= 4 is 11.6 Å². The van der Waals surface area contributed by atoms with Crippen molar-refractivity contribution in [1.82, 2.24) is 9.78 Å². The predicted octanol–water partition coefficient (Wildman–Crippen LogP) is 6.12. The maximum absolute atomic E-state index is 13.7. The quantitative estimate of drug-likeness (QED) is 0.408. The molecule has 0 aliphatic heterocycles. The second-order valence-electron chi connectivity index (χ2n) is 8.22. The molecule has 1 aliphatic rings. The number of amides is 1. The zero-order valence-corrected chi connectivity index (χ0v) is 18.0. The number of fused-ring (bicyclic) bond motifs is 3. The van der Waals surface area contributed by atoms with Gasteiger partial charge in [0.15, 0.2) is 5.69 Å². The van der Waals surface area contributed by atoms with Gasteiger partial charge in [-0.3, -0.25) is 4.79 Å². The number of furan rings is 1. The molecule has 8 heteroatoms. The molecule has 33 heavy (non-hydrogen) atoms. The van der Waals surface area contributed by atoms with E-state index >= 15 is 0 Å². The van der Waals surface area contributed by atoms with Crippen LogP contribution in [0.3, 0.4) is 0 Å². The number of rotatable bonds is 3. The van der Waals surface area contributed by atoms with Gasteiger partial charge in [-0.15, -0.1) is 0 Å². The van der Waals surface area contributed by atoms with E-state index in [4.69, 9.17) is 4.42 Å². The zero-order valence-electron chi connectivity index (χ0n) is 18.0. The van der Waals surface area contributed by atoms with E-state index in [1.54, 1.807) is 30.3 Å². The lowest BCUT2D eigenvalue weighted by atomic mass is 9.94. The SMILES string of the molecule is Cc1cc(C)cc(NC(=O)c2ccc(-n3nc(C(F)(F)F)c4c3-c3ccoc3CC4)cc2)c1. The number of aromatic nitrogens is 2. The first-order valence-electron chi connectivity index (χ1n) is 10.5. The summed E-state index contributed by atoms with van der Waals surface area (Å²) in [7, 11) is 0. The van der Waals surface area contributed by atoms with Crippen LogP contribution >= 0.6 is 0 Å². The Morgan fingerprint density at radius 1 is 1.03 bits per heavy atom. The molecule has 0 bridgehead atoms. The summed E-state index contributed by atoms with van der Waals surface area (Å²) < 4.78 is 47.8. The third-order valence-corrected chi connectivity index (χ3v) is 5.71. The number of halogens is 3. The van der Waals surface area contributed by atoms with E-state index in [1.807, 2.05) is 32.0 Å². The largest absolute Gasteiger partial charge is 0.469 e. The second-order valence-corrected chi connectivity index (χ2v) is 8.22. The summed E-state index contributed by atoms with van der Waals surface area (Å²) in [6, 6.07) is 13.8. The number of nitrogens with zero attached hydrogens (tertiary/aromatic N) is 2. The van der Waals surface area contributed by atoms with Gasteiger partial charge in [0.05, 0.1) is 17.6 Å². The van der Waals surface area contributed by atoms with Crippen molar-refractivity contribution in [1.29, 1.82) is 0 Å². The van der Waals surface area contributed by atoms with Crippen LogP contribution in [0.5, 0.6) is 0 Å². The second kappa shape index (κ2) is 7.65. The topological polar surface area (TPSA) is 60.1 Å². The normalized spacial score (nSPS) is 12.9. The maximum Gasteiger partial charge on any atom is 0.435 e. The number of alkyl halides is 3. The van der Waals surface area contributed by atoms with Crippen LogP contribution in [-0.4, -0.2) is 15.7 Å². The van der Waals surface area contributed by atoms with E-state index in [-0.39, 0.29) is 17.9 Å². The summed E-state index contributed by atoms with van der Waals surface area (Å²) in [6.45, 7) is 3.89. The molecule has 0 spiro atoms. The fourth-order valence-corrected chi connectivity index (χ4v) is 4.37. The van der Waals surface area contributed by atoms with Gasteiger partial charge in [-0.2, -0.15) is 18.3 Å². The Kier molecular flexibility index (Phi) is 4.88. The molecule has 1 amide bonds. The van der Waals surface area contributed by atoms with E-state index in [2.05, 4.69) is 10.4 Å². The molecule has 5 nitrogen and oxygen atoms in total. The molecule has 1 N–H and O–H groups in total. The summed E-state index contributed by atoms with van der Waals surface area (Å²) in [4.78, 5) is 12.7. The highest BCUT2D eigenvalue weighted by molar-refractivity contribution is 6.04. The maximum atomic E-state index is 13.7. The molecule has 0 saturated heterocycles. The molecule has 168 valence electrons. The molecule has 2 aromatic heterocycles. The van der Waals surface area contributed by atoms with Crippen molar-refractivity contribution in [3.05, 3.63) is 88.5 Å². The molecule has 4 aromatic rings. The first-order valence-corrected chi connectivity index (χ1v) is 10.5. The Bertz CT molecular complexity index is 1340. The Balaban J connectivity index is 1.50. The third-order valence-electron chi connectivity index (χ3n) is 5.71. The van der Waals surface area contributed by atoms with E-state index in [0.29, 0.717) is 40.4 Å². The van der Waals surface area contributed by atoms with E-state index in [0.717, 1.165) is 11.1 Å². The lowest BCUT2D eigenvalue weighted by Gasteiger charge is -2.15. The van der Waals surface area contributed by atoms with Crippen molar-refractivity contribution in [2.24, 2.45) is 0 Å². The van der Waals surface area contributed by atoms with Crippen molar-refractivity contribution in [3.8, 4) is 16.9 Å². The molecule has 0 atom stereocenters. The van der Waals surface area contributed by atoms with Gasteiger partial charge in [-0.25, -0.2) is 4.68 Å². The van der Waals surface area contributed by atoms with Crippen molar-refractivity contribution in [2.75, 3.05) is 5.32 Å². The summed E-state index contributed by atoms with van der Waals surface area (Å²) in [6.07, 6.45) is -2.50. The number of carbonyl (C=O) groups excluding carboxylic acids is 1. The molecule has 0 unspecified atom stereocenters. The van der Waals surface area contributed by atoms with Gasteiger partial charge in [-0.1, -0.05) is 6.07 Å². The molecule has 1 aliphatic carbocycles. The number of hydrogen-bond donors (Lipinski definition) is 1. The molecule has 2 heterocycles. The average molecular weight is 451 g/mol. The average Bonchev–Trinajstić information content (AvgIpc) is 3.37. The van der Waals surface area contributed by atoms with Crippen LogP contribution in [0.25, 0.3) is 16.9 Å². The number of anilines is 1. The molecular weight excluding hydrogens is 431 g/mol. The van der Waals surface area contributed by atoms with Crippen LogP contribution in [0.1, 0.15) is 38.5 Å². The molecular formula is C25H20F3N3O2. The Morgan fingerprint density at radius 3 is 2.39 bits per heavy atom. The summed E-state index contributed by atoms with van der Waals surface area (Å²) in [5.74, 6) is 0.337. The summed E-state index contributed by atoms with van der Waals surface area (Å²) in [5.41, 5.74) is 3.82. The van der Waals surface area contributed by atoms with Gasteiger partial charge >= 0.3 is 6.18 Å². The predicted molar refractivity (Wildman–Crippen MR) is 118 cm³/mol. The molecule has 5 rings (SSSR count). The number of hydrogen-bond acceptors (Lipinski definition) is 3. The number of aryl methyl sites for hydroxylation is 3. The first kappa shape index (κ1) is 21.1. The van der Waals surface area contributed by atoms with Crippen molar-refractivity contribution in [3.63, 3.8) is 0 Å². The van der Waals surface area contributed by atoms with Gasteiger partial charge in [0.25, 0.3) is 5.91 Å². The number of carbonyl (C=O) groups is 1. The summed E-state index contributed by atoms with van der Waals surface area (Å²) >= 11 is 0. The third kappa shape index (κ3) is 3.82. The Morgan fingerprint density at radius 2 is 1.73 bits per heavy atom. The number of nitrogens with one attached hydrogen (secondary N) is 1. The van der Waals surface area contributed by atoms with Gasteiger partial charge in [0, 0.05) is 28.8 Å². The van der Waals surface area contributed by atoms with E-state index in [1.165, 1.54) is 10.9 Å². The minimum absolute atomic E-state index is 0.160. The Hall–Kier alpha value is -3.81. The van der Waals surface area contributed by atoms with E-state index < -0.39 is 11.9 Å². The smallest absolute Gasteiger partial charge is 0.435 e. The van der Waals surface area contributed by atoms with Crippen LogP contribution in [0.2, 0.25) is 0 Å². The van der Waals surface area contributed by atoms with Crippen LogP contribution in [0.4, 0.5) is 18.9 Å². The monoisotopic (exact) mass is 451 g/mol. The molecule has 0 fully saturated rings. The standard InChI is InChI=1S/C25H20F3N3O2/c1-14-11-15(2)13-17(12-14)29-24(32)16-3-5-18(6-4-16)31-22-19-9-10-33-21(19)8-7-20(22)23(30-31)25(26,27)28/h3-6,9-13H,7-8H2,1-2H3,(H,29,32). The van der Waals surface area contributed by atoms with Crippen molar-refractivity contribution in [2.45, 2.75) is 32.9 Å².